The molecule has 0 saturated carbocycles. The van der Waals surface area contributed by atoms with Crippen molar-refractivity contribution in [1.82, 2.24) is 0 Å². The number of hydrogen-bond acceptors (Lipinski definition) is 2. The van der Waals surface area contributed by atoms with Crippen LogP contribution >= 0.6 is 0 Å². The lowest BCUT2D eigenvalue weighted by molar-refractivity contribution is 0.343. The topological polar surface area (TPSA) is 29.5 Å². The summed E-state index contributed by atoms with van der Waals surface area (Å²) in [5.41, 5.74) is 0.961. The van der Waals surface area contributed by atoms with Gasteiger partial charge in [0.15, 0.2) is 0 Å². The van der Waals surface area contributed by atoms with E-state index in [1.54, 1.807) is 12.2 Å². The van der Waals surface area contributed by atoms with Crippen LogP contribution in [0.15, 0.2) is 43.0 Å². The summed E-state index contributed by atoms with van der Waals surface area (Å²) < 4.78 is 5.43. The second-order valence-corrected chi connectivity index (χ2v) is 2.72. The Bertz CT molecular complexity index is 316. The van der Waals surface area contributed by atoms with E-state index in [2.05, 4.69) is 6.58 Å². The van der Waals surface area contributed by atoms with Crippen LogP contribution in [-0.4, -0.2) is 18.3 Å². The molecule has 0 spiro atoms. The first kappa shape index (κ1) is 10.5. The molecule has 0 radical (unpaired) electrons. The van der Waals surface area contributed by atoms with Gasteiger partial charge in [0.2, 0.25) is 0 Å². The first-order valence-electron chi connectivity index (χ1n) is 4.48. The monoisotopic (exact) mass is 190 g/mol. The van der Waals surface area contributed by atoms with E-state index in [4.69, 9.17) is 9.84 Å². The molecule has 0 atom stereocenters. The van der Waals surface area contributed by atoms with E-state index in [1.165, 1.54) is 0 Å². The van der Waals surface area contributed by atoms with E-state index in [-0.39, 0.29) is 6.61 Å². The Hall–Kier alpha value is -1.54. The standard InChI is InChI=1S/C12H14O2/c1-2-10-14-12-8-4-3-6-11(12)7-5-9-13/h2-8,13H,1,9-10H2. The van der Waals surface area contributed by atoms with Crippen LogP contribution in [0.3, 0.4) is 0 Å². The minimum Gasteiger partial charge on any atom is -0.489 e. The van der Waals surface area contributed by atoms with E-state index >= 15 is 0 Å². The lowest BCUT2D eigenvalue weighted by Crippen LogP contribution is -1.94. The van der Waals surface area contributed by atoms with Crippen molar-refractivity contribution in [3.05, 3.63) is 48.6 Å². The molecule has 0 unspecified atom stereocenters. The van der Waals surface area contributed by atoms with Gasteiger partial charge in [0.1, 0.15) is 12.4 Å². The fraction of sp³-hybridized carbons (Fsp3) is 0.167. The molecule has 2 heteroatoms. The molecular weight excluding hydrogens is 176 g/mol. The molecule has 0 aliphatic rings. The molecule has 74 valence electrons. The van der Waals surface area contributed by atoms with Gasteiger partial charge in [-0.05, 0) is 6.07 Å². The second-order valence-electron chi connectivity index (χ2n) is 2.72. The normalized spacial score (nSPS) is 10.4. The number of hydrogen-bond donors (Lipinski definition) is 1. The Morgan fingerprint density at radius 1 is 1.36 bits per heavy atom. The maximum absolute atomic E-state index is 8.65. The molecule has 0 aliphatic carbocycles. The molecule has 0 heterocycles. The lowest BCUT2D eigenvalue weighted by Gasteiger charge is -2.06. The minimum absolute atomic E-state index is 0.0375. The van der Waals surface area contributed by atoms with Gasteiger partial charge in [-0.3, -0.25) is 0 Å². The van der Waals surface area contributed by atoms with Crippen LogP contribution in [0.1, 0.15) is 5.56 Å². The Morgan fingerprint density at radius 2 is 2.14 bits per heavy atom. The van der Waals surface area contributed by atoms with Crippen molar-refractivity contribution >= 4 is 6.08 Å². The van der Waals surface area contributed by atoms with Crippen LogP contribution < -0.4 is 4.74 Å². The third-order valence-corrected chi connectivity index (χ3v) is 1.68. The maximum Gasteiger partial charge on any atom is 0.126 e. The largest absolute Gasteiger partial charge is 0.489 e. The molecule has 1 aromatic carbocycles. The first-order valence-corrected chi connectivity index (χ1v) is 4.48. The van der Waals surface area contributed by atoms with Crippen molar-refractivity contribution < 1.29 is 9.84 Å². The third kappa shape index (κ3) is 3.07. The number of rotatable bonds is 5. The van der Waals surface area contributed by atoms with Crippen LogP contribution in [0.5, 0.6) is 5.75 Å². The van der Waals surface area contributed by atoms with E-state index in [0.717, 1.165) is 11.3 Å². The molecule has 0 amide bonds. The number of aliphatic hydroxyl groups excluding tert-OH is 1. The fourth-order valence-corrected chi connectivity index (χ4v) is 1.08. The maximum atomic E-state index is 8.65. The Kier molecular flexibility index (Phi) is 4.51. The molecule has 0 saturated heterocycles. The SMILES string of the molecule is C=CCOc1ccccc1C=CCO. The van der Waals surface area contributed by atoms with Gasteiger partial charge < -0.3 is 9.84 Å². The zero-order valence-electron chi connectivity index (χ0n) is 8.02. The van der Waals surface area contributed by atoms with Crippen LogP contribution in [-0.2, 0) is 0 Å². The smallest absolute Gasteiger partial charge is 0.126 e. The summed E-state index contributed by atoms with van der Waals surface area (Å²) in [5, 5.41) is 8.65. The molecule has 1 aromatic rings. The summed E-state index contributed by atoms with van der Waals surface area (Å²) in [6.07, 6.45) is 5.21. The van der Waals surface area contributed by atoms with Gasteiger partial charge in [-0.1, -0.05) is 43.0 Å². The van der Waals surface area contributed by atoms with Crippen LogP contribution in [0.25, 0.3) is 6.08 Å². The Morgan fingerprint density at radius 3 is 2.86 bits per heavy atom. The van der Waals surface area contributed by atoms with Crippen LogP contribution in [0.2, 0.25) is 0 Å². The molecule has 0 aliphatic heterocycles. The third-order valence-electron chi connectivity index (χ3n) is 1.68. The van der Waals surface area contributed by atoms with Crippen LogP contribution in [0, 0.1) is 0 Å². The minimum atomic E-state index is 0.0375. The summed E-state index contributed by atoms with van der Waals surface area (Å²) in [4.78, 5) is 0. The predicted molar refractivity (Wildman–Crippen MR) is 58.3 cm³/mol. The zero-order chi connectivity index (χ0) is 10.2. The highest BCUT2D eigenvalue weighted by Crippen LogP contribution is 2.19. The number of aliphatic hydroxyl groups is 1. The highest BCUT2D eigenvalue weighted by Gasteiger charge is 1.97. The number of para-hydroxylation sites is 1. The van der Waals surface area contributed by atoms with Gasteiger partial charge in [0.25, 0.3) is 0 Å². The van der Waals surface area contributed by atoms with Crippen molar-refractivity contribution in [3.63, 3.8) is 0 Å². The molecule has 1 N–H and O–H groups in total. The molecule has 0 bridgehead atoms. The van der Waals surface area contributed by atoms with Gasteiger partial charge in [-0.15, -0.1) is 0 Å². The average molecular weight is 190 g/mol. The molecule has 2 nitrogen and oxygen atoms in total. The van der Waals surface area contributed by atoms with Crippen molar-refractivity contribution in [2.75, 3.05) is 13.2 Å². The zero-order valence-corrected chi connectivity index (χ0v) is 8.02. The molecule has 0 aromatic heterocycles. The molecule has 0 fully saturated rings. The van der Waals surface area contributed by atoms with Gasteiger partial charge in [-0.2, -0.15) is 0 Å². The van der Waals surface area contributed by atoms with E-state index in [0.29, 0.717) is 6.61 Å². The fourth-order valence-electron chi connectivity index (χ4n) is 1.08. The predicted octanol–water partition coefficient (Wildman–Crippen LogP) is 2.26. The van der Waals surface area contributed by atoms with Crippen molar-refractivity contribution in [3.8, 4) is 5.75 Å². The Balaban J connectivity index is 2.79. The highest BCUT2D eigenvalue weighted by molar-refractivity contribution is 5.57. The summed E-state index contributed by atoms with van der Waals surface area (Å²) in [6, 6.07) is 7.66. The molecule has 14 heavy (non-hydrogen) atoms. The van der Waals surface area contributed by atoms with Crippen molar-refractivity contribution in [2.45, 2.75) is 0 Å². The quantitative estimate of drug-likeness (QED) is 0.722. The summed E-state index contributed by atoms with van der Waals surface area (Å²) >= 11 is 0. The average Bonchev–Trinajstić information content (AvgIpc) is 2.24. The van der Waals surface area contributed by atoms with Crippen molar-refractivity contribution in [2.24, 2.45) is 0 Å². The van der Waals surface area contributed by atoms with Gasteiger partial charge in [0.05, 0.1) is 6.61 Å². The summed E-state index contributed by atoms with van der Waals surface area (Å²) in [6.45, 7) is 4.11. The molecular formula is C12H14O2. The van der Waals surface area contributed by atoms with E-state index in [1.807, 2.05) is 30.3 Å². The number of benzene rings is 1. The van der Waals surface area contributed by atoms with Gasteiger partial charge in [-0.25, -0.2) is 0 Å². The summed E-state index contributed by atoms with van der Waals surface area (Å²) in [7, 11) is 0. The van der Waals surface area contributed by atoms with E-state index in [9.17, 15) is 0 Å². The second kappa shape index (κ2) is 6.00. The van der Waals surface area contributed by atoms with E-state index < -0.39 is 0 Å². The Labute approximate surface area is 84.1 Å². The van der Waals surface area contributed by atoms with Crippen LogP contribution in [0.4, 0.5) is 0 Å². The van der Waals surface area contributed by atoms with Gasteiger partial charge in [0, 0.05) is 5.56 Å². The first-order chi connectivity index (χ1) is 6.88. The summed E-state index contributed by atoms with van der Waals surface area (Å²) in [5.74, 6) is 0.803. The highest BCUT2D eigenvalue weighted by atomic mass is 16.5. The lowest BCUT2D eigenvalue weighted by atomic mass is 10.2. The molecule has 1 rings (SSSR count). The van der Waals surface area contributed by atoms with Gasteiger partial charge >= 0.3 is 0 Å². The number of ether oxygens (including phenoxy) is 1. The van der Waals surface area contributed by atoms with Crippen molar-refractivity contribution in [1.29, 1.82) is 0 Å².